The molecule has 0 bridgehead atoms. The lowest BCUT2D eigenvalue weighted by atomic mass is 10.0. The standard InChI is InChI=1S/C21H17F2N5O/c22-15-7-6-14(12-16(15)23)20-17(10-11-29-20)24-18-8-9-19-25-26-21(28(19)27-18)13-4-2-1-3-5-13/h1-9,12,17,20H,10-11H2,(H,24,27). The van der Waals surface area contributed by atoms with E-state index in [0.29, 0.717) is 29.5 Å². The molecule has 0 amide bonds. The summed E-state index contributed by atoms with van der Waals surface area (Å²) in [5, 5.41) is 16.4. The van der Waals surface area contributed by atoms with Gasteiger partial charge in [0.2, 0.25) is 0 Å². The first-order valence-corrected chi connectivity index (χ1v) is 9.30. The Bertz CT molecular complexity index is 1160. The van der Waals surface area contributed by atoms with E-state index < -0.39 is 17.7 Å². The Balaban J connectivity index is 1.44. The van der Waals surface area contributed by atoms with Crippen LogP contribution in [0.2, 0.25) is 0 Å². The third-order valence-corrected chi connectivity index (χ3v) is 4.99. The predicted octanol–water partition coefficient (Wildman–Crippen LogP) is 4.01. The summed E-state index contributed by atoms with van der Waals surface area (Å²) < 4.78 is 34.4. The zero-order valence-electron chi connectivity index (χ0n) is 15.3. The lowest BCUT2D eigenvalue weighted by Gasteiger charge is -2.21. The van der Waals surface area contributed by atoms with Gasteiger partial charge in [0, 0.05) is 12.2 Å². The van der Waals surface area contributed by atoms with Crippen LogP contribution < -0.4 is 5.32 Å². The van der Waals surface area contributed by atoms with E-state index in [1.54, 1.807) is 10.6 Å². The van der Waals surface area contributed by atoms with Crippen LogP contribution in [0.4, 0.5) is 14.6 Å². The monoisotopic (exact) mass is 393 g/mol. The van der Waals surface area contributed by atoms with Crippen molar-refractivity contribution in [2.45, 2.75) is 18.6 Å². The van der Waals surface area contributed by atoms with Gasteiger partial charge < -0.3 is 10.1 Å². The number of nitrogens with zero attached hydrogens (tertiary/aromatic N) is 4. The molecule has 146 valence electrons. The molecular weight excluding hydrogens is 376 g/mol. The van der Waals surface area contributed by atoms with Crippen LogP contribution in [-0.2, 0) is 4.74 Å². The molecule has 0 radical (unpaired) electrons. The fourth-order valence-electron chi connectivity index (χ4n) is 3.58. The summed E-state index contributed by atoms with van der Waals surface area (Å²) >= 11 is 0. The van der Waals surface area contributed by atoms with Crippen molar-refractivity contribution in [1.29, 1.82) is 0 Å². The van der Waals surface area contributed by atoms with Gasteiger partial charge in [-0.25, -0.2) is 8.78 Å². The molecule has 2 unspecified atom stereocenters. The molecule has 2 atom stereocenters. The van der Waals surface area contributed by atoms with Gasteiger partial charge in [-0.2, -0.15) is 4.52 Å². The van der Waals surface area contributed by atoms with Gasteiger partial charge >= 0.3 is 0 Å². The predicted molar refractivity (Wildman–Crippen MR) is 103 cm³/mol. The van der Waals surface area contributed by atoms with Gasteiger partial charge in [-0.05, 0) is 36.2 Å². The summed E-state index contributed by atoms with van der Waals surface area (Å²) in [6.45, 7) is 0.519. The van der Waals surface area contributed by atoms with Gasteiger partial charge in [0.15, 0.2) is 23.1 Å². The highest BCUT2D eigenvalue weighted by Crippen LogP contribution is 2.32. The van der Waals surface area contributed by atoms with Crippen molar-refractivity contribution in [2.24, 2.45) is 0 Å². The Hall–Kier alpha value is -3.39. The number of nitrogens with one attached hydrogen (secondary N) is 1. The van der Waals surface area contributed by atoms with Crippen LogP contribution in [0.5, 0.6) is 0 Å². The highest BCUT2D eigenvalue weighted by atomic mass is 19.2. The third-order valence-electron chi connectivity index (χ3n) is 4.99. The van der Waals surface area contributed by atoms with Gasteiger partial charge in [-0.15, -0.1) is 15.3 Å². The molecule has 0 spiro atoms. The molecule has 1 saturated heterocycles. The van der Waals surface area contributed by atoms with E-state index in [0.717, 1.165) is 18.1 Å². The second-order valence-electron chi connectivity index (χ2n) is 6.88. The minimum absolute atomic E-state index is 0.124. The largest absolute Gasteiger partial charge is 0.371 e. The van der Waals surface area contributed by atoms with Crippen molar-refractivity contribution < 1.29 is 13.5 Å². The molecule has 8 heteroatoms. The molecule has 3 heterocycles. The van der Waals surface area contributed by atoms with Gasteiger partial charge in [-0.3, -0.25) is 0 Å². The molecule has 2 aromatic carbocycles. The van der Waals surface area contributed by atoms with Gasteiger partial charge in [0.1, 0.15) is 11.9 Å². The SMILES string of the molecule is Fc1ccc(C2OCCC2Nc2ccc3nnc(-c4ccccc4)n3n2)cc1F. The normalized spacial score (nSPS) is 19.0. The minimum atomic E-state index is -0.881. The molecule has 6 nitrogen and oxygen atoms in total. The summed E-state index contributed by atoms with van der Waals surface area (Å²) in [4.78, 5) is 0. The highest BCUT2D eigenvalue weighted by Gasteiger charge is 2.30. The van der Waals surface area contributed by atoms with Gasteiger partial charge in [-0.1, -0.05) is 36.4 Å². The number of fused-ring (bicyclic) bond motifs is 1. The zero-order chi connectivity index (χ0) is 19.8. The van der Waals surface area contributed by atoms with Gasteiger partial charge in [0.05, 0.1) is 6.04 Å². The number of rotatable bonds is 4. The summed E-state index contributed by atoms with van der Waals surface area (Å²) in [7, 11) is 0. The Morgan fingerprint density at radius 1 is 0.966 bits per heavy atom. The topological polar surface area (TPSA) is 64.3 Å². The number of ether oxygens (including phenoxy) is 1. The van der Waals surface area contributed by atoms with E-state index in [1.807, 2.05) is 42.5 Å². The van der Waals surface area contributed by atoms with Crippen LogP contribution in [0.1, 0.15) is 18.1 Å². The van der Waals surface area contributed by atoms with Crippen molar-refractivity contribution in [3.63, 3.8) is 0 Å². The van der Waals surface area contributed by atoms with Crippen molar-refractivity contribution in [3.05, 3.63) is 77.9 Å². The molecule has 4 aromatic rings. The summed E-state index contributed by atoms with van der Waals surface area (Å²) in [6, 6.07) is 17.1. The molecule has 29 heavy (non-hydrogen) atoms. The molecule has 5 rings (SSSR count). The fourth-order valence-corrected chi connectivity index (χ4v) is 3.58. The lowest BCUT2D eigenvalue weighted by Crippen LogP contribution is -2.24. The number of hydrogen-bond donors (Lipinski definition) is 1. The van der Waals surface area contributed by atoms with Crippen LogP contribution in [0.25, 0.3) is 17.0 Å². The molecular formula is C21H17F2N5O. The van der Waals surface area contributed by atoms with Crippen molar-refractivity contribution in [3.8, 4) is 11.4 Å². The smallest absolute Gasteiger partial charge is 0.185 e. The van der Waals surface area contributed by atoms with Crippen molar-refractivity contribution in [1.82, 2.24) is 19.8 Å². The van der Waals surface area contributed by atoms with E-state index in [1.165, 1.54) is 6.07 Å². The number of benzene rings is 2. The molecule has 0 saturated carbocycles. The lowest BCUT2D eigenvalue weighted by molar-refractivity contribution is 0.107. The van der Waals surface area contributed by atoms with E-state index in [4.69, 9.17) is 4.74 Å². The quantitative estimate of drug-likeness (QED) is 0.568. The summed E-state index contributed by atoms with van der Waals surface area (Å²) in [6.07, 6.45) is 0.328. The average Bonchev–Trinajstić information content (AvgIpc) is 3.37. The van der Waals surface area contributed by atoms with Crippen molar-refractivity contribution >= 4 is 11.5 Å². The van der Waals surface area contributed by atoms with E-state index >= 15 is 0 Å². The Labute approximate surface area is 165 Å². The first-order valence-electron chi connectivity index (χ1n) is 9.30. The Morgan fingerprint density at radius 2 is 1.83 bits per heavy atom. The first-order chi connectivity index (χ1) is 14.2. The van der Waals surface area contributed by atoms with Crippen LogP contribution in [0.3, 0.4) is 0 Å². The first kappa shape index (κ1) is 17.7. The maximum Gasteiger partial charge on any atom is 0.185 e. The van der Waals surface area contributed by atoms with E-state index in [9.17, 15) is 8.78 Å². The maximum atomic E-state index is 13.7. The number of anilines is 1. The summed E-state index contributed by atoms with van der Waals surface area (Å²) in [5.74, 6) is -0.487. The van der Waals surface area contributed by atoms with Crippen LogP contribution in [-0.4, -0.2) is 32.5 Å². The van der Waals surface area contributed by atoms with Crippen molar-refractivity contribution in [2.75, 3.05) is 11.9 Å². The Kier molecular flexibility index (Phi) is 4.40. The fraction of sp³-hybridized carbons (Fsp3) is 0.190. The highest BCUT2D eigenvalue weighted by molar-refractivity contribution is 5.59. The minimum Gasteiger partial charge on any atom is -0.371 e. The summed E-state index contributed by atoms with van der Waals surface area (Å²) in [5.41, 5.74) is 2.14. The number of hydrogen-bond acceptors (Lipinski definition) is 5. The molecule has 1 aliphatic heterocycles. The second-order valence-corrected chi connectivity index (χ2v) is 6.88. The van der Waals surface area contributed by atoms with Crippen LogP contribution in [0, 0.1) is 11.6 Å². The molecule has 1 N–H and O–H groups in total. The van der Waals surface area contributed by atoms with Gasteiger partial charge in [0.25, 0.3) is 0 Å². The van der Waals surface area contributed by atoms with E-state index in [-0.39, 0.29) is 6.04 Å². The maximum absolute atomic E-state index is 13.7. The van der Waals surface area contributed by atoms with E-state index in [2.05, 4.69) is 20.6 Å². The van der Waals surface area contributed by atoms with Crippen LogP contribution in [0.15, 0.2) is 60.7 Å². The molecule has 1 fully saturated rings. The van der Waals surface area contributed by atoms with Crippen LogP contribution >= 0.6 is 0 Å². The second kappa shape index (κ2) is 7.21. The molecule has 0 aliphatic carbocycles. The number of halogens is 2. The zero-order valence-corrected chi connectivity index (χ0v) is 15.3. The number of aromatic nitrogens is 4. The average molecular weight is 393 g/mol. The molecule has 1 aliphatic rings. The Morgan fingerprint density at radius 3 is 2.66 bits per heavy atom. The third kappa shape index (κ3) is 3.31. The molecule has 2 aromatic heterocycles.